The fourth-order valence-electron chi connectivity index (χ4n) is 3.15. The van der Waals surface area contributed by atoms with Crippen LogP contribution in [-0.4, -0.2) is 47.8 Å². The lowest BCUT2D eigenvalue weighted by Gasteiger charge is -2.36. The molecule has 0 saturated carbocycles. The lowest BCUT2D eigenvalue weighted by molar-refractivity contribution is -0.115. The molecule has 33 heavy (non-hydrogen) atoms. The van der Waals surface area contributed by atoms with Crippen LogP contribution in [0.1, 0.15) is 15.9 Å². The predicted molar refractivity (Wildman–Crippen MR) is 132 cm³/mol. The first-order valence-corrected chi connectivity index (χ1v) is 12.0. The summed E-state index contributed by atoms with van der Waals surface area (Å²) in [6.45, 7) is 1.92. The molecule has 5 N–H and O–H groups in total. The number of benzene rings is 2. The van der Waals surface area contributed by atoms with Crippen molar-refractivity contribution < 1.29 is 14.0 Å². The third-order valence-corrected chi connectivity index (χ3v) is 6.49. The van der Waals surface area contributed by atoms with E-state index >= 15 is 0 Å². The van der Waals surface area contributed by atoms with Crippen molar-refractivity contribution in [3.05, 3.63) is 93.6 Å². The summed E-state index contributed by atoms with van der Waals surface area (Å²) in [5, 5.41) is 0. The van der Waals surface area contributed by atoms with E-state index in [1.807, 2.05) is 35.2 Å². The standard InChI is InChI=1S/C23H25BrFN5O2S/c24-18-7-6-17(14-19(18)25)23(32)30-12-10-29(11-13-30)21(27)9-8-20(26)22(31)28-33-15-16-4-2-1-3-5-16/h1-9,14H,10-13,15,26-27H2,(H,28,31)/b20-8-,21-9+. The van der Waals surface area contributed by atoms with E-state index in [-0.39, 0.29) is 11.6 Å². The zero-order valence-corrected chi connectivity index (χ0v) is 20.2. The molecule has 10 heteroatoms. The number of piperazine rings is 1. The van der Waals surface area contributed by atoms with E-state index in [9.17, 15) is 14.0 Å². The third-order valence-electron chi connectivity index (χ3n) is 5.04. The molecular weight excluding hydrogens is 509 g/mol. The number of allylic oxidation sites excluding steroid dienone is 2. The van der Waals surface area contributed by atoms with Crippen molar-refractivity contribution in [3.63, 3.8) is 0 Å². The van der Waals surface area contributed by atoms with E-state index in [1.54, 1.807) is 17.0 Å². The summed E-state index contributed by atoms with van der Waals surface area (Å²) in [4.78, 5) is 28.3. The first-order chi connectivity index (χ1) is 15.8. The Hall–Kier alpha value is -2.98. The zero-order chi connectivity index (χ0) is 23.8. The Balaban J connectivity index is 1.47. The van der Waals surface area contributed by atoms with Crippen LogP contribution in [0, 0.1) is 5.82 Å². The number of amides is 2. The quantitative estimate of drug-likeness (QED) is 0.287. The largest absolute Gasteiger partial charge is 0.394 e. The first-order valence-electron chi connectivity index (χ1n) is 10.2. The van der Waals surface area contributed by atoms with Crippen molar-refractivity contribution in [3.8, 4) is 0 Å². The molecule has 0 unspecified atom stereocenters. The van der Waals surface area contributed by atoms with Gasteiger partial charge < -0.3 is 21.3 Å². The molecule has 1 heterocycles. The molecule has 1 aliphatic heterocycles. The van der Waals surface area contributed by atoms with Crippen LogP contribution < -0.4 is 16.2 Å². The van der Waals surface area contributed by atoms with Crippen molar-refractivity contribution in [1.29, 1.82) is 0 Å². The molecule has 3 rings (SSSR count). The van der Waals surface area contributed by atoms with Gasteiger partial charge in [-0.3, -0.25) is 14.3 Å². The van der Waals surface area contributed by atoms with Crippen LogP contribution in [0.15, 0.2) is 76.7 Å². The number of hydrogen-bond donors (Lipinski definition) is 3. The minimum Gasteiger partial charge on any atom is -0.394 e. The van der Waals surface area contributed by atoms with Crippen LogP contribution in [0.3, 0.4) is 0 Å². The number of carbonyl (C=O) groups excluding carboxylic acids is 2. The van der Waals surface area contributed by atoms with Crippen LogP contribution in [0.4, 0.5) is 4.39 Å². The minimum atomic E-state index is -0.474. The number of nitrogens with one attached hydrogen (secondary N) is 1. The van der Waals surface area contributed by atoms with E-state index in [0.29, 0.717) is 47.8 Å². The molecule has 1 saturated heterocycles. The molecule has 2 aromatic rings. The van der Waals surface area contributed by atoms with Crippen LogP contribution in [0.5, 0.6) is 0 Å². The smallest absolute Gasteiger partial charge is 0.276 e. The summed E-state index contributed by atoms with van der Waals surface area (Å²) in [6.07, 6.45) is 3.05. The third kappa shape index (κ3) is 7.00. The van der Waals surface area contributed by atoms with E-state index < -0.39 is 11.7 Å². The van der Waals surface area contributed by atoms with Crippen LogP contribution in [0.25, 0.3) is 0 Å². The van der Waals surface area contributed by atoms with Crippen molar-refractivity contribution >= 4 is 39.7 Å². The molecule has 0 aliphatic carbocycles. The topological polar surface area (TPSA) is 105 Å². The van der Waals surface area contributed by atoms with Gasteiger partial charge in [-0.25, -0.2) is 4.39 Å². The molecule has 0 bridgehead atoms. The van der Waals surface area contributed by atoms with Gasteiger partial charge in [-0.1, -0.05) is 30.3 Å². The van der Waals surface area contributed by atoms with Gasteiger partial charge in [0.25, 0.3) is 11.8 Å². The Kier molecular flexibility index (Phi) is 8.79. The normalized spacial score (nSPS) is 14.8. The van der Waals surface area contributed by atoms with Crippen molar-refractivity contribution in [2.75, 3.05) is 26.2 Å². The summed E-state index contributed by atoms with van der Waals surface area (Å²) in [7, 11) is 0. The second kappa shape index (κ2) is 11.8. The summed E-state index contributed by atoms with van der Waals surface area (Å²) in [5.74, 6) is -0.00848. The molecule has 0 aromatic heterocycles. The molecule has 0 radical (unpaired) electrons. The average molecular weight is 534 g/mol. The van der Waals surface area contributed by atoms with Gasteiger partial charge in [0.2, 0.25) is 0 Å². The molecule has 2 amide bonds. The van der Waals surface area contributed by atoms with E-state index in [0.717, 1.165) is 5.56 Å². The lowest BCUT2D eigenvalue weighted by Crippen LogP contribution is -2.49. The fraction of sp³-hybridized carbons (Fsp3) is 0.217. The Labute approximate surface area is 204 Å². The Morgan fingerprint density at radius 1 is 1.03 bits per heavy atom. The Bertz CT molecular complexity index is 1060. The van der Waals surface area contributed by atoms with Crippen LogP contribution in [-0.2, 0) is 10.5 Å². The summed E-state index contributed by atoms with van der Waals surface area (Å²) in [5.41, 5.74) is 13.4. The second-order valence-corrected chi connectivity index (χ2v) is 8.96. The monoisotopic (exact) mass is 533 g/mol. The minimum absolute atomic E-state index is 0.0459. The Morgan fingerprint density at radius 2 is 1.70 bits per heavy atom. The van der Waals surface area contributed by atoms with Gasteiger partial charge >= 0.3 is 0 Å². The zero-order valence-electron chi connectivity index (χ0n) is 17.8. The van der Waals surface area contributed by atoms with Crippen LogP contribution in [0.2, 0.25) is 0 Å². The van der Waals surface area contributed by atoms with Gasteiger partial charge in [0.1, 0.15) is 5.82 Å². The molecule has 1 aliphatic rings. The van der Waals surface area contributed by atoms with E-state index in [4.69, 9.17) is 11.5 Å². The maximum atomic E-state index is 13.7. The SMILES string of the molecule is N/C(=C\C=C(/N)N1CCN(C(=O)c2ccc(Br)c(F)c2)CC1)C(=O)NSCc1ccccc1. The van der Waals surface area contributed by atoms with Gasteiger partial charge in [-0.2, -0.15) is 0 Å². The summed E-state index contributed by atoms with van der Waals surface area (Å²) >= 11 is 4.35. The predicted octanol–water partition coefficient (Wildman–Crippen LogP) is 2.95. The van der Waals surface area contributed by atoms with Crippen LogP contribution >= 0.6 is 27.9 Å². The van der Waals surface area contributed by atoms with Crippen molar-refractivity contribution in [2.24, 2.45) is 11.5 Å². The lowest BCUT2D eigenvalue weighted by atomic mass is 10.1. The highest BCUT2D eigenvalue weighted by atomic mass is 79.9. The molecule has 174 valence electrons. The average Bonchev–Trinajstić information content (AvgIpc) is 2.84. The highest BCUT2D eigenvalue weighted by Gasteiger charge is 2.23. The van der Waals surface area contributed by atoms with Gasteiger partial charge in [-0.05, 0) is 63.8 Å². The maximum Gasteiger partial charge on any atom is 0.276 e. The second-order valence-electron chi connectivity index (χ2n) is 7.33. The number of hydrogen-bond acceptors (Lipinski definition) is 6. The highest BCUT2D eigenvalue weighted by Crippen LogP contribution is 2.18. The number of nitrogens with zero attached hydrogens (tertiary/aromatic N) is 2. The molecule has 0 atom stereocenters. The van der Waals surface area contributed by atoms with Gasteiger partial charge in [0, 0.05) is 37.5 Å². The molecule has 0 spiro atoms. The molecule has 7 nitrogen and oxygen atoms in total. The number of rotatable bonds is 7. The van der Waals surface area contributed by atoms with Crippen molar-refractivity contribution in [2.45, 2.75) is 5.75 Å². The molecule has 1 fully saturated rings. The molecular formula is C23H25BrFN5O2S. The first kappa shape index (κ1) is 24.7. The number of carbonyl (C=O) groups is 2. The van der Waals surface area contributed by atoms with E-state index in [2.05, 4.69) is 20.7 Å². The fourth-order valence-corrected chi connectivity index (χ4v) is 4.08. The number of halogens is 2. The van der Waals surface area contributed by atoms with E-state index in [1.165, 1.54) is 30.2 Å². The highest BCUT2D eigenvalue weighted by molar-refractivity contribution is 9.10. The van der Waals surface area contributed by atoms with Crippen molar-refractivity contribution in [1.82, 2.24) is 14.5 Å². The number of nitrogens with two attached hydrogens (primary N) is 2. The Morgan fingerprint density at radius 3 is 2.36 bits per heavy atom. The van der Waals surface area contributed by atoms with Gasteiger partial charge in [0.15, 0.2) is 0 Å². The molecule has 2 aromatic carbocycles. The van der Waals surface area contributed by atoms with Gasteiger partial charge in [-0.15, -0.1) is 0 Å². The summed E-state index contributed by atoms with van der Waals surface area (Å²) < 4.78 is 16.8. The van der Waals surface area contributed by atoms with Gasteiger partial charge in [0.05, 0.1) is 16.0 Å². The maximum absolute atomic E-state index is 13.7. The summed E-state index contributed by atoms with van der Waals surface area (Å²) in [6, 6.07) is 14.1.